The summed E-state index contributed by atoms with van der Waals surface area (Å²) in [7, 11) is -2.32. The Hall–Kier alpha value is -2.70. The largest absolute Gasteiger partial charge is 0.490 e. The van der Waals surface area contributed by atoms with Gasteiger partial charge in [-0.2, -0.15) is 4.31 Å². The second-order valence-corrected chi connectivity index (χ2v) is 15.6. The highest BCUT2D eigenvalue weighted by Gasteiger charge is 2.33. The number of rotatable bonds is 8. The van der Waals surface area contributed by atoms with E-state index in [0.29, 0.717) is 28.6 Å². The van der Waals surface area contributed by atoms with Gasteiger partial charge in [0.25, 0.3) is 5.91 Å². The van der Waals surface area contributed by atoms with E-state index in [1.54, 1.807) is 30.0 Å². The molecule has 2 amide bonds. The van der Waals surface area contributed by atoms with Crippen molar-refractivity contribution >= 4 is 39.1 Å². The highest BCUT2D eigenvalue weighted by atomic mass is 35.5. The van der Waals surface area contributed by atoms with E-state index in [1.807, 2.05) is 13.8 Å². The molecule has 0 aromatic heterocycles. The molecule has 1 aliphatic carbocycles. The Morgan fingerprint density at radius 1 is 1.06 bits per heavy atom. The number of carbonyl (C=O) groups is 2. The third-order valence-electron chi connectivity index (χ3n) is 9.25. The number of carbonyl (C=O) groups excluding carboxylic acids is 2. The summed E-state index contributed by atoms with van der Waals surface area (Å²) < 4.78 is 40.7. The quantitative estimate of drug-likeness (QED) is 0.349. The van der Waals surface area contributed by atoms with Crippen molar-refractivity contribution in [1.82, 2.24) is 9.21 Å². The first-order chi connectivity index (χ1) is 22.4. The van der Waals surface area contributed by atoms with Crippen LogP contribution in [0.2, 0.25) is 5.02 Å². The average Bonchev–Trinajstić information content (AvgIpc) is 3.06. The number of anilines is 1. The lowest BCUT2D eigenvalue weighted by Crippen LogP contribution is -2.48. The molecule has 2 aromatic carbocycles. The number of benzene rings is 2. The molecule has 4 atom stereocenters. The van der Waals surface area contributed by atoms with Gasteiger partial charge in [-0.15, -0.1) is 0 Å². The van der Waals surface area contributed by atoms with Crippen molar-refractivity contribution in [1.29, 1.82) is 0 Å². The number of halogens is 1. The normalized spacial score (nSPS) is 23.0. The van der Waals surface area contributed by atoms with Gasteiger partial charge in [-0.05, 0) is 88.4 Å². The molecule has 1 fully saturated rings. The van der Waals surface area contributed by atoms with Gasteiger partial charge in [0.15, 0.2) is 0 Å². The van der Waals surface area contributed by atoms with Crippen LogP contribution in [0.25, 0.3) is 0 Å². The van der Waals surface area contributed by atoms with Gasteiger partial charge >= 0.3 is 0 Å². The molecule has 260 valence electrons. The number of sulfonamides is 1. The maximum absolute atomic E-state index is 14.4. The number of hydrogen-bond donors (Lipinski definition) is 2. The van der Waals surface area contributed by atoms with Crippen molar-refractivity contribution in [3.05, 3.63) is 53.1 Å². The number of aliphatic hydroxyl groups excluding tert-OH is 1. The van der Waals surface area contributed by atoms with Gasteiger partial charge in [0.2, 0.25) is 15.9 Å². The van der Waals surface area contributed by atoms with Crippen molar-refractivity contribution in [2.75, 3.05) is 38.7 Å². The first kappa shape index (κ1) is 37.1. The zero-order chi connectivity index (χ0) is 34.1. The fourth-order valence-corrected chi connectivity index (χ4v) is 7.52. The SMILES string of the molecule is C[C@@H]1CCCCO[C@@H](CN(C)S(=O)(=O)c2ccc(Cl)cc2)[C@@H](C)CN([C@@H](C)CO)C(=O)c2cc(NC(=O)C3CCCCC3)ccc2O1. The first-order valence-corrected chi connectivity index (χ1v) is 18.6. The number of nitrogens with zero attached hydrogens (tertiary/aromatic N) is 2. The number of fused-ring (bicyclic) bond motifs is 1. The van der Waals surface area contributed by atoms with Crippen LogP contribution in [0.4, 0.5) is 5.69 Å². The van der Waals surface area contributed by atoms with Crippen LogP contribution in [0.3, 0.4) is 0 Å². The Bertz CT molecular complexity index is 1450. The van der Waals surface area contributed by atoms with Crippen LogP contribution in [0.15, 0.2) is 47.4 Å². The van der Waals surface area contributed by atoms with E-state index >= 15 is 0 Å². The molecule has 10 nitrogen and oxygen atoms in total. The second kappa shape index (κ2) is 17.1. The highest BCUT2D eigenvalue weighted by Crippen LogP contribution is 2.30. The summed E-state index contributed by atoms with van der Waals surface area (Å²) in [5.41, 5.74) is 0.813. The zero-order valence-corrected chi connectivity index (χ0v) is 29.6. The average molecular weight is 692 g/mol. The van der Waals surface area contributed by atoms with E-state index < -0.39 is 22.2 Å². The second-order valence-electron chi connectivity index (χ2n) is 13.1. The van der Waals surface area contributed by atoms with Crippen LogP contribution in [-0.4, -0.2) is 86.1 Å². The molecular weight excluding hydrogens is 642 g/mol. The third-order valence-corrected chi connectivity index (χ3v) is 11.3. The van der Waals surface area contributed by atoms with Crippen LogP contribution in [0.5, 0.6) is 5.75 Å². The minimum Gasteiger partial charge on any atom is -0.490 e. The van der Waals surface area contributed by atoms with Crippen LogP contribution >= 0.6 is 11.6 Å². The number of likely N-dealkylation sites (N-methyl/N-ethyl adjacent to an activating group) is 1. The Morgan fingerprint density at radius 3 is 2.43 bits per heavy atom. The fraction of sp³-hybridized carbons (Fsp3) is 0.600. The van der Waals surface area contributed by atoms with Crippen LogP contribution in [0.1, 0.15) is 82.5 Å². The number of hydrogen-bond acceptors (Lipinski definition) is 7. The van der Waals surface area contributed by atoms with Gasteiger partial charge in [-0.1, -0.05) is 37.8 Å². The smallest absolute Gasteiger partial charge is 0.258 e. The van der Waals surface area contributed by atoms with Gasteiger partial charge in [0, 0.05) is 49.3 Å². The molecule has 0 radical (unpaired) electrons. The van der Waals surface area contributed by atoms with E-state index in [4.69, 9.17) is 21.1 Å². The maximum Gasteiger partial charge on any atom is 0.258 e. The molecule has 12 heteroatoms. The van der Waals surface area contributed by atoms with Gasteiger partial charge in [-0.3, -0.25) is 9.59 Å². The molecule has 0 bridgehead atoms. The number of aliphatic hydroxyl groups is 1. The fourth-order valence-electron chi connectivity index (χ4n) is 6.21. The van der Waals surface area contributed by atoms with Crippen LogP contribution in [0, 0.1) is 11.8 Å². The summed E-state index contributed by atoms with van der Waals surface area (Å²) in [6, 6.07) is 10.6. The molecule has 4 rings (SSSR count). The minimum absolute atomic E-state index is 0.0425. The van der Waals surface area contributed by atoms with Gasteiger partial charge in [0.1, 0.15) is 5.75 Å². The summed E-state index contributed by atoms with van der Waals surface area (Å²) >= 11 is 5.99. The zero-order valence-electron chi connectivity index (χ0n) is 28.0. The Labute approximate surface area is 284 Å². The molecule has 2 aromatic rings. The molecule has 0 saturated heterocycles. The molecule has 0 spiro atoms. The Balaban J connectivity index is 1.62. The summed E-state index contributed by atoms with van der Waals surface area (Å²) in [5, 5.41) is 13.7. The molecule has 0 unspecified atom stereocenters. The molecule has 47 heavy (non-hydrogen) atoms. The lowest BCUT2D eigenvalue weighted by atomic mass is 9.88. The molecular formula is C35H50ClN3O7S. The molecule has 1 saturated carbocycles. The van der Waals surface area contributed by atoms with Crippen LogP contribution < -0.4 is 10.1 Å². The Kier molecular flexibility index (Phi) is 13.5. The van der Waals surface area contributed by atoms with Gasteiger partial charge < -0.3 is 24.8 Å². The molecule has 2 N–H and O–H groups in total. The van der Waals surface area contributed by atoms with E-state index in [9.17, 15) is 23.1 Å². The number of ether oxygens (including phenoxy) is 2. The van der Waals surface area contributed by atoms with Crippen LogP contribution in [-0.2, 0) is 19.6 Å². The van der Waals surface area contributed by atoms with Crippen molar-refractivity contribution in [2.45, 2.75) is 95.3 Å². The lowest BCUT2D eigenvalue weighted by molar-refractivity contribution is -0.120. The predicted molar refractivity (Wildman–Crippen MR) is 183 cm³/mol. The Morgan fingerprint density at radius 2 is 1.74 bits per heavy atom. The number of nitrogens with one attached hydrogen (secondary N) is 1. The first-order valence-electron chi connectivity index (χ1n) is 16.8. The third kappa shape index (κ3) is 9.92. The monoisotopic (exact) mass is 691 g/mol. The molecule has 2 aliphatic rings. The summed E-state index contributed by atoms with van der Waals surface area (Å²) in [6.45, 7) is 6.03. The summed E-state index contributed by atoms with van der Waals surface area (Å²) in [5.74, 6) is -0.336. The lowest BCUT2D eigenvalue weighted by Gasteiger charge is -2.35. The van der Waals surface area contributed by atoms with Gasteiger partial charge in [-0.25, -0.2) is 8.42 Å². The summed E-state index contributed by atoms with van der Waals surface area (Å²) in [6.07, 6.45) is 6.47. The van der Waals surface area contributed by atoms with Crippen molar-refractivity contribution in [2.24, 2.45) is 11.8 Å². The minimum atomic E-state index is -3.83. The van der Waals surface area contributed by atoms with Crippen molar-refractivity contribution in [3.8, 4) is 5.75 Å². The van der Waals surface area contributed by atoms with E-state index in [0.717, 1.165) is 51.4 Å². The molecule has 1 heterocycles. The van der Waals surface area contributed by atoms with Gasteiger partial charge in [0.05, 0.1) is 35.3 Å². The van der Waals surface area contributed by atoms with Crippen molar-refractivity contribution < 1.29 is 32.6 Å². The highest BCUT2D eigenvalue weighted by molar-refractivity contribution is 7.89. The molecule has 1 aliphatic heterocycles. The maximum atomic E-state index is 14.4. The standard InChI is InChI=1S/C35H50ClN3O7S/c1-24-21-39(25(2)23-40)35(42)31-20-29(37-34(41)27-11-6-5-7-12-27)15-18-32(31)46-26(3)10-8-9-19-45-33(24)22-38(4)47(43,44)30-16-13-28(36)14-17-30/h13-18,20,24-27,33,40H,5-12,19,21-23H2,1-4H3,(H,37,41)/t24-,25-,26+,33-/m0/s1. The summed E-state index contributed by atoms with van der Waals surface area (Å²) in [4.78, 5) is 29.1. The van der Waals surface area contributed by atoms with E-state index in [2.05, 4.69) is 5.32 Å². The van der Waals surface area contributed by atoms with E-state index in [1.165, 1.54) is 35.6 Å². The topological polar surface area (TPSA) is 125 Å². The van der Waals surface area contributed by atoms with E-state index in [-0.39, 0.29) is 54.3 Å². The predicted octanol–water partition coefficient (Wildman–Crippen LogP) is 5.98. The number of amides is 2. The van der Waals surface area contributed by atoms with Crippen molar-refractivity contribution in [3.63, 3.8) is 0 Å².